The molecule has 0 unspecified atom stereocenters. The lowest BCUT2D eigenvalue weighted by Crippen LogP contribution is -2.45. The standard InChI is InChI=1S/C15H22N2O/c1-4-15-16-17(12(2)3)14(11-18-15)10-13-8-6-5-7-9-13/h5-9,12,14H,4,10-11H2,1-3H3/t14-/m0/s1. The van der Waals surface area contributed by atoms with Crippen LogP contribution in [0.3, 0.4) is 0 Å². The van der Waals surface area contributed by atoms with Crippen LogP contribution in [0.4, 0.5) is 0 Å². The summed E-state index contributed by atoms with van der Waals surface area (Å²) < 4.78 is 5.70. The lowest BCUT2D eigenvalue weighted by atomic mass is 10.0. The molecular weight excluding hydrogens is 224 g/mol. The molecule has 0 saturated carbocycles. The number of ether oxygens (including phenoxy) is 1. The molecule has 3 nitrogen and oxygen atoms in total. The van der Waals surface area contributed by atoms with Crippen molar-refractivity contribution in [1.29, 1.82) is 0 Å². The summed E-state index contributed by atoms with van der Waals surface area (Å²) in [5.41, 5.74) is 1.34. The van der Waals surface area contributed by atoms with Crippen LogP contribution in [-0.4, -0.2) is 29.6 Å². The molecule has 1 aromatic carbocycles. The van der Waals surface area contributed by atoms with Crippen LogP contribution in [0.1, 0.15) is 32.8 Å². The van der Waals surface area contributed by atoms with Crippen molar-refractivity contribution >= 4 is 5.90 Å². The zero-order chi connectivity index (χ0) is 13.0. The Balaban J connectivity index is 2.10. The van der Waals surface area contributed by atoms with E-state index >= 15 is 0 Å². The Kier molecular flexibility index (Phi) is 4.24. The van der Waals surface area contributed by atoms with Crippen molar-refractivity contribution in [3.05, 3.63) is 35.9 Å². The highest BCUT2D eigenvalue weighted by atomic mass is 16.5. The zero-order valence-corrected chi connectivity index (χ0v) is 11.5. The van der Waals surface area contributed by atoms with Crippen LogP contribution in [0.15, 0.2) is 35.4 Å². The van der Waals surface area contributed by atoms with Gasteiger partial charge in [0.25, 0.3) is 0 Å². The average molecular weight is 246 g/mol. The lowest BCUT2D eigenvalue weighted by molar-refractivity contribution is 0.0693. The predicted octanol–water partition coefficient (Wildman–Crippen LogP) is 3.06. The first-order valence-electron chi connectivity index (χ1n) is 6.73. The van der Waals surface area contributed by atoms with E-state index in [9.17, 15) is 0 Å². The summed E-state index contributed by atoms with van der Waals surface area (Å²) in [5, 5.41) is 6.79. The summed E-state index contributed by atoms with van der Waals surface area (Å²) in [4.78, 5) is 0. The third kappa shape index (κ3) is 3.03. The molecular formula is C15H22N2O. The van der Waals surface area contributed by atoms with Gasteiger partial charge < -0.3 is 4.74 Å². The number of rotatable bonds is 4. The molecule has 2 rings (SSSR count). The van der Waals surface area contributed by atoms with Gasteiger partial charge in [-0.1, -0.05) is 37.3 Å². The molecule has 18 heavy (non-hydrogen) atoms. The minimum atomic E-state index is 0.336. The molecule has 0 radical (unpaired) electrons. The summed E-state index contributed by atoms with van der Waals surface area (Å²) in [7, 11) is 0. The molecule has 1 aromatic rings. The van der Waals surface area contributed by atoms with Gasteiger partial charge in [0, 0.05) is 12.5 Å². The van der Waals surface area contributed by atoms with Crippen LogP contribution < -0.4 is 0 Å². The van der Waals surface area contributed by atoms with Crippen LogP contribution >= 0.6 is 0 Å². The molecule has 0 aromatic heterocycles. The van der Waals surface area contributed by atoms with Gasteiger partial charge in [-0.15, -0.1) is 5.10 Å². The van der Waals surface area contributed by atoms with Gasteiger partial charge >= 0.3 is 0 Å². The largest absolute Gasteiger partial charge is 0.477 e. The summed E-state index contributed by atoms with van der Waals surface area (Å²) in [6.45, 7) is 7.18. The monoisotopic (exact) mass is 246 g/mol. The lowest BCUT2D eigenvalue weighted by Gasteiger charge is -2.36. The molecule has 1 atom stereocenters. The zero-order valence-electron chi connectivity index (χ0n) is 11.5. The highest BCUT2D eigenvalue weighted by molar-refractivity contribution is 5.75. The number of nitrogens with zero attached hydrogens (tertiary/aromatic N) is 2. The maximum absolute atomic E-state index is 5.70. The van der Waals surface area contributed by atoms with Gasteiger partial charge in [0.1, 0.15) is 6.61 Å². The molecule has 0 aliphatic carbocycles. The van der Waals surface area contributed by atoms with Crippen molar-refractivity contribution in [2.75, 3.05) is 6.61 Å². The molecule has 1 aliphatic rings. The molecule has 98 valence electrons. The van der Waals surface area contributed by atoms with Crippen LogP contribution in [0.2, 0.25) is 0 Å². The molecule has 0 fully saturated rings. The molecule has 0 amide bonds. The second kappa shape index (κ2) is 5.89. The van der Waals surface area contributed by atoms with Crippen molar-refractivity contribution < 1.29 is 4.74 Å². The summed E-state index contributed by atoms with van der Waals surface area (Å²) in [6.07, 6.45) is 1.85. The quantitative estimate of drug-likeness (QED) is 0.815. The first-order chi connectivity index (χ1) is 8.70. The maximum atomic E-state index is 5.70. The molecule has 0 saturated heterocycles. The topological polar surface area (TPSA) is 24.8 Å². The summed E-state index contributed by atoms with van der Waals surface area (Å²) in [6, 6.07) is 11.3. The maximum Gasteiger partial charge on any atom is 0.205 e. The number of benzene rings is 1. The Labute approximate surface area is 109 Å². The Morgan fingerprint density at radius 2 is 2.06 bits per heavy atom. The highest BCUT2D eigenvalue weighted by Crippen LogP contribution is 2.18. The van der Waals surface area contributed by atoms with Gasteiger partial charge in [-0.3, -0.25) is 5.01 Å². The molecule has 0 bridgehead atoms. The van der Waals surface area contributed by atoms with Crippen LogP contribution in [0, 0.1) is 0 Å². The van der Waals surface area contributed by atoms with E-state index in [4.69, 9.17) is 4.74 Å². The third-order valence-corrected chi connectivity index (χ3v) is 3.19. The first kappa shape index (κ1) is 12.9. The Bertz CT molecular complexity index is 400. The van der Waals surface area contributed by atoms with Gasteiger partial charge in [0.15, 0.2) is 0 Å². The molecule has 1 aliphatic heterocycles. The number of hydrazone groups is 1. The molecule has 1 heterocycles. The minimum Gasteiger partial charge on any atom is -0.477 e. The third-order valence-electron chi connectivity index (χ3n) is 3.19. The Morgan fingerprint density at radius 3 is 2.67 bits per heavy atom. The fourth-order valence-corrected chi connectivity index (χ4v) is 2.26. The predicted molar refractivity (Wildman–Crippen MR) is 74.6 cm³/mol. The van der Waals surface area contributed by atoms with Gasteiger partial charge in [-0.2, -0.15) is 0 Å². The normalized spacial score (nSPS) is 19.7. The highest BCUT2D eigenvalue weighted by Gasteiger charge is 2.25. The van der Waals surface area contributed by atoms with E-state index in [1.807, 2.05) is 0 Å². The number of hydrogen-bond donors (Lipinski definition) is 0. The van der Waals surface area contributed by atoms with Crippen molar-refractivity contribution in [3.8, 4) is 0 Å². The van der Waals surface area contributed by atoms with Crippen LogP contribution in [0.25, 0.3) is 0 Å². The van der Waals surface area contributed by atoms with E-state index in [0.29, 0.717) is 12.1 Å². The van der Waals surface area contributed by atoms with E-state index in [1.165, 1.54) is 5.56 Å². The van der Waals surface area contributed by atoms with E-state index in [-0.39, 0.29) is 0 Å². The fourth-order valence-electron chi connectivity index (χ4n) is 2.26. The van der Waals surface area contributed by atoms with Gasteiger partial charge in [0.05, 0.1) is 6.04 Å². The second-order valence-electron chi connectivity index (χ2n) is 4.98. The smallest absolute Gasteiger partial charge is 0.205 e. The van der Waals surface area contributed by atoms with Gasteiger partial charge in [0.2, 0.25) is 5.90 Å². The van der Waals surface area contributed by atoms with E-state index < -0.39 is 0 Å². The van der Waals surface area contributed by atoms with E-state index in [1.54, 1.807) is 0 Å². The fraction of sp³-hybridized carbons (Fsp3) is 0.533. The summed E-state index contributed by atoms with van der Waals surface area (Å²) in [5.74, 6) is 0.855. The first-order valence-corrected chi connectivity index (χ1v) is 6.73. The second-order valence-corrected chi connectivity index (χ2v) is 4.98. The number of hydrogen-bond acceptors (Lipinski definition) is 3. The average Bonchev–Trinajstić information content (AvgIpc) is 2.40. The van der Waals surface area contributed by atoms with Crippen molar-refractivity contribution in [2.45, 2.75) is 45.7 Å². The minimum absolute atomic E-state index is 0.336. The molecule has 0 spiro atoms. The molecule has 0 N–H and O–H groups in total. The van der Waals surface area contributed by atoms with Crippen molar-refractivity contribution in [3.63, 3.8) is 0 Å². The SMILES string of the molecule is CCC1=NN(C(C)C)[C@@H](Cc2ccccc2)CO1. The van der Waals surface area contributed by atoms with Gasteiger partial charge in [-0.05, 0) is 25.8 Å². The van der Waals surface area contributed by atoms with E-state index in [0.717, 1.165) is 25.3 Å². The Hall–Kier alpha value is -1.51. The van der Waals surface area contributed by atoms with E-state index in [2.05, 4.69) is 61.2 Å². The summed E-state index contributed by atoms with van der Waals surface area (Å²) >= 11 is 0. The molecule has 3 heteroatoms. The van der Waals surface area contributed by atoms with Crippen molar-refractivity contribution in [1.82, 2.24) is 5.01 Å². The van der Waals surface area contributed by atoms with Crippen LogP contribution in [-0.2, 0) is 11.2 Å². The van der Waals surface area contributed by atoms with Crippen molar-refractivity contribution in [2.24, 2.45) is 5.10 Å². The van der Waals surface area contributed by atoms with Crippen LogP contribution in [0.5, 0.6) is 0 Å². The Morgan fingerprint density at radius 1 is 1.33 bits per heavy atom. The van der Waals surface area contributed by atoms with Gasteiger partial charge in [-0.25, -0.2) is 0 Å².